The van der Waals surface area contributed by atoms with E-state index in [0.717, 1.165) is 10.5 Å². The molecule has 1 N–H and O–H groups in total. The van der Waals surface area contributed by atoms with Gasteiger partial charge in [-0.25, -0.2) is 9.69 Å². The fraction of sp³-hybridized carbons (Fsp3) is 0.115. The van der Waals surface area contributed by atoms with Crippen molar-refractivity contribution in [2.24, 2.45) is 0 Å². The Morgan fingerprint density at radius 2 is 1.67 bits per heavy atom. The monoisotopic (exact) mass is 618 g/mol. The van der Waals surface area contributed by atoms with Crippen LogP contribution < -0.4 is 24.4 Å². The molecule has 0 saturated carbocycles. The highest BCUT2D eigenvalue weighted by Gasteiger charge is 2.36. The van der Waals surface area contributed by atoms with Gasteiger partial charge >= 0.3 is 6.03 Å². The number of methoxy groups -OCH3 is 2. The average Bonchev–Trinajstić information content (AvgIpc) is 2.87. The molecule has 1 aliphatic heterocycles. The Hall–Kier alpha value is -3.57. The Morgan fingerprint density at radius 3 is 2.31 bits per heavy atom. The van der Waals surface area contributed by atoms with Gasteiger partial charge in [-0.3, -0.25) is 14.9 Å². The zero-order valence-electron chi connectivity index (χ0n) is 19.2. The van der Waals surface area contributed by atoms with Crippen molar-refractivity contribution in [1.29, 1.82) is 0 Å². The van der Waals surface area contributed by atoms with Crippen molar-refractivity contribution in [2.45, 2.75) is 6.61 Å². The predicted molar refractivity (Wildman–Crippen MR) is 143 cm³/mol. The second-order valence-corrected chi connectivity index (χ2v) is 9.20. The minimum Gasteiger partial charge on any atom is -0.497 e. The van der Waals surface area contributed by atoms with Crippen molar-refractivity contribution in [1.82, 2.24) is 5.32 Å². The van der Waals surface area contributed by atoms with Crippen molar-refractivity contribution in [2.75, 3.05) is 19.1 Å². The lowest BCUT2D eigenvalue weighted by molar-refractivity contribution is -0.122. The fourth-order valence-corrected chi connectivity index (χ4v) is 4.40. The first-order chi connectivity index (χ1) is 17.3. The summed E-state index contributed by atoms with van der Waals surface area (Å²) < 4.78 is 17.3. The molecule has 0 aromatic heterocycles. The maximum atomic E-state index is 13.2. The van der Waals surface area contributed by atoms with E-state index in [1.54, 1.807) is 48.5 Å². The van der Waals surface area contributed by atoms with Gasteiger partial charge in [-0.1, -0.05) is 23.7 Å². The third-order valence-corrected chi connectivity index (χ3v) is 6.34. The smallest absolute Gasteiger partial charge is 0.335 e. The van der Waals surface area contributed by atoms with Gasteiger partial charge in [-0.2, -0.15) is 0 Å². The lowest BCUT2D eigenvalue weighted by Gasteiger charge is -2.26. The number of nitrogens with zero attached hydrogens (tertiary/aromatic N) is 1. The predicted octanol–water partition coefficient (Wildman–Crippen LogP) is 5.21. The molecule has 0 bridgehead atoms. The Labute approximate surface area is 225 Å². The summed E-state index contributed by atoms with van der Waals surface area (Å²) in [6.45, 7) is 0.295. The molecule has 0 aliphatic carbocycles. The zero-order chi connectivity index (χ0) is 25.8. The number of carbonyl (C=O) groups excluding carboxylic acids is 3. The van der Waals surface area contributed by atoms with Gasteiger partial charge in [0, 0.05) is 5.02 Å². The highest BCUT2D eigenvalue weighted by molar-refractivity contribution is 14.1. The number of barbiturate groups is 1. The Kier molecular flexibility index (Phi) is 7.80. The van der Waals surface area contributed by atoms with Crippen molar-refractivity contribution < 1.29 is 28.6 Å². The number of amides is 4. The van der Waals surface area contributed by atoms with Gasteiger partial charge in [0.05, 0.1) is 23.5 Å². The van der Waals surface area contributed by atoms with Gasteiger partial charge in [0.2, 0.25) is 0 Å². The number of halogens is 2. The van der Waals surface area contributed by atoms with Crippen LogP contribution in [0.5, 0.6) is 17.2 Å². The summed E-state index contributed by atoms with van der Waals surface area (Å²) in [5, 5.41) is 2.85. The molecule has 4 amide bonds. The molecule has 0 radical (unpaired) electrons. The number of anilines is 1. The van der Waals surface area contributed by atoms with E-state index in [0.29, 0.717) is 43.7 Å². The highest BCUT2D eigenvalue weighted by atomic mass is 127. The number of urea groups is 1. The first-order valence-corrected chi connectivity index (χ1v) is 12.1. The Balaban J connectivity index is 1.62. The first-order valence-electron chi connectivity index (χ1n) is 10.6. The van der Waals surface area contributed by atoms with Crippen LogP contribution in [0.3, 0.4) is 0 Å². The maximum absolute atomic E-state index is 13.2. The zero-order valence-corrected chi connectivity index (χ0v) is 22.1. The summed E-state index contributed by atoms with van der Waals surface area (Å²) in [7, 11) is 3.01. The molecule has 1 aliphatic rings. The normalized spacial score (nSPS) is 14.6. The van der Waals surface area contributed by atoms with E-state index in [9.17, 15) is 14.4 Å². The van der Waals surface area contributed by atoms with E-state index in [1.165, 1.54) is 20.3 Å². The number of hydrogen-bond acceptors (Lipinski definition) is 6. The number of imide groups is 2. The van der Waals surface area contributed by atoms with E-state index >= 15 is 0 Å². The van der Waals surface area contributed by atoms with E-state index in [1.807, 2.05) is 12.1 Å². The number of benzene rings is 3. The van der Waals surface area contributed by atoms with Gasteiger partial charge in [0.15, 0.2) is 11.5 Å². The summed E-state index contributed by atoms with van der Waals surface area (Å²) >= 11 is 8.03. The number of ether oxygens (including phenoxy) is 3. The number of hydrogen-bond donors (Lipinski definition) is 1. The van der Waals surface area contributed by atoms with Crippen LogP contribution in [-0.2, 0) is 16.2 Å². The lowest BCUT2D eigenvalue weighted by atomic mass is 10.1. The van der Waals surface area contributed by atoms with Crippen LogP contribution in [0.2, 0.25) is 5.02 Å². The molecular weight excluding hydrogens is 599 g/mol. The number of carbonyl (C=O) groups is 3. The molecule has 0 spiro atoms. The summed E-state index contributed by atoms with van der Waals surface area (Å²) in [5.41, 5.74) is 1.56. The van der Waals surface area contributed by atoms with Gasteiger partial charge < -0.3 is 14.2 Å². The van der Waals surface area contributed by atoms with Crippen LogP contribution in [0.15, 0.2) is 66.2 Å². The first kappa shape index (κ1) is 25.5. The molecule has 1 fully saturated rings. The molecule has 0 unspecified atom stereocenters. The highest BCUT2D eigenvalue weighted by Crippen LogP contribution is 2.35. The van der Waals surface area contributed by atoms with Crippen LogP contribution in [-0.4, -0.2) is 32.1 Å². The third-order valence-electron chi connectivity index (χ3n) is 5.29. The van der Waals surface area contributed by atoms with Crippen LogP contribution in [0.25, 0.3) is 6.08 Å². The van der Waals surface area contributed by atoms with E-state index in [2.05, 4.69) is 27.9 Å². The maximum Gasteiger partial charge on any atom is 0.335 e. The van der Waals surface area contributed by atoms with E-state index in [-0.39, 0.29) is 5.57 Å². The molecule has 1 saturated heterocycles. The minimum absolute atomic E-state index is 0.196. The van der Waals surface area contributed by atoms with Crippen molar-refractivity contribution in [3.8, 4) is 17.2 Å². The van der Waals surface area contributed by atoms with Crippen LogP contribution in [0, 0.1) is 3.57 Å². The summed E-state index contributed by atoms with van der Waals surface area (Å²) in [5.74, 6) is -0.0209. The van der Waals surface area contributed by atoms with Gasteiger partial charge in [0.1, 0.15) is 17.9 Å². The van der Waals surface area contributed by atoms with Gasteiger partial charge in [-0.05, 0) is 88.3 Å². The third kappa shape index (κ3) is 5.47. The molecular formula is C26H20ClIN2O6. The second-order valence-electron chi connectivity index (χ2n) is 7.61. The minimum atomic E-state index is -0.828. The van der Waals surface area contributed by atoms with Crippen LogP contribution >= 0.6 is 34.2 Å². The van der Waals surface area contributed by atoms with E-state index in [4.69, 9.17) is 25.8 Å². The van der Waals surface area contributed by atoms with Crippen molar-refractivity contribution >= 4 is 63.8 Å². The Morgan fingerprint density at radius 1 is 0.972 bits per heavy atom. The number of nitrogens with one attached hydrogen (secondary N) is 1. The quantitative estimate of drug-likeness (QED) is 0.222. The molecule has 184 valence electrons. The SMILES string of the molecule is COc1ccc(N2C(=O)NC(=O)/C(=C/c3cc(I)c(OCc4ccc(Cl)cc4)c(OC)c3)C2=O)cc1. The molecule has 3 aromatic rings. The fourth-order valence-electron chi connectivity index (χ4n) is 3.49. The van der Waals surface area contributed by atoms with E-state index < -0.39 is 17.8 Å². The van der Waals surface area contributed by atoms with Crippen LogP contribution in [0.1, 0.15) is 11.1 Å². The summed E-state index contributed by atoms with van der Waals surface area (Å²) in [6, 6.07) is 16.2. The van der Waals surface area contributed by atoms with Crippen molar-refractivity contribution in [3.05, 3.63) is 86.0 Å². The Bertz CT molecular complexity index is 1360. The second kappa shape index (κ2) is 11.0. The summed E-state index contributed by atoms with van der Waals surface area (Å²) in [6.07, 6.45) is 1.41. The molecule has 4 rings (SSSR count). The van der Waals surface area contributed by atoms with Crippen molar-refractivity contribution in [3.63, 3.8) is 0 Å². The summed E-state index contributed by atoms with van der Waals surface area (Å²) in [4.78, 5) is 39.1. The molecule has 1 heterocycles. The van der Waals surface area contributed by atoms with Crippen LogP contribution in [0.4, 0.5) is 10.5 Å². The average molecular weight is 619 g/mol. The topological polar surface area (TPSA) is 94.2 Å². The molecule has 10 heteroatoms. The largest absolute Gasteiger partial charge is 0.497 e. The molecule has 0 atom stereocenters. The molecule has 3 aromatic carbocycles. The van der Waals surface area contributed by atoms with Gasteiger partial charge in [0.25, 0.3) is 11.8 Å². The van der Waals surface area contributed by atoms with Gasteiger partial charge in [-0.15, -0.1) is 0 Å². The number of rotatable bonds is 7. The molecule has 36 heavy (non-hydrogen) atoms. The molecule has 8 nitrogen and oxygen atoms in total. The lowest BCUT2D eigenvalue weighted by Crippen LogP contribution is -2.54. The standard InChI is InChI=1S/C26H20ClIN2O6/c1-34-19-9-7-18(8-10-19)30-25(32)20(24(31)29-26(30)33)11-16-12-21(28)23(22(13-16)35-2)36-14-15-3-5-17(27)6-4-15/h3-13H,14H2,1-2H3,(H,29,31,33)/b20-11-.